The molecule has 0 atom stereocenters. The smallest absolute Gasteiger partial charge is 0.148 e. The summed E-state index contributed by atoms with van der Waals surface area (Å²) in [6, 6.07) is 15.1. The molecule has 2 aromatic rings. The average Bonchev–Trinajstić information content (AvgIpc) is 2.53. The molecule has 0 saturated carbocycles. The van der Waals surface area contributed by atoms with Gasteiger partial charge in [-0.25, -0.2) is 0 Å². The number of nitriles is 1. The van der Waals surface area contributed by atoms with E-state index >= 15 is 0 Å². The second-order valence-corrected chi connectivity index (χ2v) is 5.96. The van der Waals surface area contributed by atoms with E-state index in [9.17, 15) is 5.26 Å². The molecule has 2 aromatic carbocycles. The van der Waals surface area contributed by atoms with Crippen molar-refractivity contribution in [3.63, 3.8) is 0 Å². The molecule has 0 fully saturated rings. The van der Waals surface area contributed by atoms with Crippen LogP contribution in [-0.4, -0.2) is 6.61 Å². The summed E-state index contributed by atoms with van der Waals surface area (Å²) in [6.07, 6.45) is 7.01. The third-order valence-electron chi connectivity index (χ3n) is 2.85. The van der Waals surface area contributed by atoms with Gasteiger partial charge in [0.05, 0.1) is 15.2 Å². The van der Waals surface area contributed by atoms with E-state index in [0.717, 1.165) is 20.4 Å². The van der Waals surface area contributed by atoms with Crippen LogP contribution in [0.1, 0.15) is 11.1 Å². The molecule has 108 valence electrons. The van der Waals surface area contributed by atoms with Crippen molar-refractivity contribution in [1.82, 2.24) is 0 Å². The van der Waals surface area contributed by atoms with E-state index in [0.29, 0.717) is 10.6 Å². The lowest BCUT2D eigenvalue weighted by Crippen LogP contribution is -1.95. The number of benzene rings is 2. The highest BCUT2D eigenvalue weighted by Crippen LogP contribution is 2.25. The summed E-state index contributed by atoms with van der Waals surface area (Å²) in [5.41, 5.74) is 2.32. The summed E-state index contributed by atoms with van der Waals surface area (Å²) in [6.45, 7) is 0.236. The normalized spacial score (nSPS) is 10.6. The lowest BCUT2D eigenvalue weighted by atomic mass is 10.0. The first-order chi connectivity index (χ1) is 10.6. The first-order valence-electron chi connectivity index (χ1n) is 6.37. The molecule has 0 spiro atoms. The van der Waals surface area contributed by atoms with Gasteiger partial charge >= 0.3 is 0 Å². The minimum Gasteiger partial charge on any atom is -0.480 e. The lowest BCUT2D eigenvalue weighted by molar-refractivity contribution is 0.368. The first-order valence-corrected chi connectivity index (χ1v) is 7.83. The van der Waals surface area contributed by atoms with Crippen LogP contribution in [-0.2, 0) is 0 Å². The van der Waals surface area contributed by atoms with Crippen LogP contribution < -0.4 is 4.74 Å². The standard InChI is InChI=1S/C18H11ClINO/c1-2-9-22-18-8-3-13(11-17(18)20)10-15(12-21)14-4-6-16(19)7-5-14/h1,3-8,10-11H,9H2. The molecule has 0 N–H and O–H groups in total. The van der Waals surface area contributed by atoms with Crippen LogP contribution in [0.2, 0.25) is 5.02 Å². The quantitative estimate of drug-likeness (QED) is 0.302. The van der Waals surface area contributed by atoms with Crippen LogP contribution in [0.4, 0.5) is 0 Å². The number of hydrogen-bond donors (Lipinski definition) is 0. The maximum Gasteiger partial charge on any atom is 0.148 e. The van der Waals surface area contributed by atoms with Gasteiger partial charge in [-0.05, 0) is 64.1 Å². The summed E-state index contributed by atoms with van der Waals surface area (Å²) in [5, 5.41) is 9.99. The van der Waals surface area contributed by atoms with Crippen molar-refractivity contribution in [2.24, 2.45) is 0 Å². The van der Waals surface area contributed by atoms with E-state index in [1.54, 1.807) is 12.1 Å². The second-order valence-electron chi connectivity index (χ2n) is 4.36. The van der Waals surface area contributed by atoms with E-state index in [4.69, 9.17) is 22.8 Å². The Kier molecular flexibility index (Phi) is 5.89. The van der Waals surface area contributed by atoms with Crippen molar-refractivity contribution in [3.8, 4) is 24.2 Å². The number of nitrogens with zero attached hydrogens (tertiary/aromatic N) is 1. The van der Waals surface area contributed by atoms with Crippen molar-refractivity contribution >= 4 is 45.8 Å². The van der Waals surface area contributed by atoms with Gasteiger partial charge in [0.1, 0.15) is 12.4 Å². The summed E-state index contributed by atoms with van der Waals surface area (Å²) >= 11 is 8.05. The molecule has 0 aliphatic carbocycles. The van der Waals surface area contributed by atoms with E-state index < -0.39 is 0 Å². The Morgan fingerprint density at radius 1 is 1.27 bits per heavy atom. The van der Waals surface area contributed by atoms with Crippen LogP contribution in [0.25, 0.3) is 11.6 Å². The van der Waals surface area contributed by atoms with E-state index in [2.05, 4.69) is 34.6 Å². The predicted octanol–water partition coefficient (Wildman–Crippen LogP) is 5.02. The number of halogens is 2. The van der Waals surface area contributed by atoms with Gasteiger partial charge in [0.2, 0.25) is 0 Å². The largest absolute Gasteiger partial charge is 0.480 e. The predicted molar refractivity (Wildman–Crippen MR) is 98.4 cm³/mol. The van der Waals surface area contributed by atoms with Gasteiger partial charge in [-0.2, -0.15) is 5.26 Å². The van der Waals surface area contributed by atoms with Gasteiger partial charge in [-0.3, -0.25) is 0 Å². The molecule has 0 bridgehead atoms. The minimum absolute atomic E-state index is 0.236. The van der Waals surface area contributed by atoms with E-state index in [-0.39, 0.29) is 6.61 Å². The fourth-order valence-corrected chi connectivity index (χ4v) is 2.64. The summed E-state index contributed by atoms with van der Waals surface area (Å²) in [4.78, 5) is 0. The van der Waals surface area contributed by atoms with Crippen LogP contribution in [0, 0.1) is 27.2 Å². The topological polar surface area (TPSA) is 33.0 Å². The lowest BCUT2D eigenvalue weighted by Gasteiger charge is -2.06. The molecular weight excluding hydrogens is 409 g/mol. The molecule has 0 heterocycles. The Hall–Kier alpha value is -1.95. The number of ether oxygens (including phenoxy) is 1. The molecule has 2 nitrogen and oxygen atoms in total. The molecule has 22 heavy (non-hydrogen) atoms. The molecule has 0 unspecified atom stereocenters. The Morgan fingerprint density at radius 3 is 2.59 bits per heavy atom. The van der Waals surface area contributed by atoms with Gasteiger partial charge < -0.3 is 4.74 Å². The second kappa shape index (κ2) is 7.89. The van der Waals surface area contributed by atoms with Crippen LogP contribution >= 0.6 is 34.2 Å². The van der Waals surface area contributed by atoms with Crippen LogP contribution in [0.3, 0.4) is 0 Å². The fourth-order valence-electron chi connectivity index (χ4n) is 1.82. The monoisotopic (exact) mass is 419 g/mol. The van der Waals surface area contributed by atoms with Gasteiger partial charge in [0.25, 0.3) is 0 Å². The molecule has 0 radical (unpaired) electrons. The molecule has 0 aliphatic rings. The Labute approximate surface area is 148 Å². The summed E-state index contributed by atoms with van der Waals surface area (Å²) in [7, 11) is 0. The van der Waals surface area contributed by atoms with Crippen molar-refractivity contribution in [2.45, 2.75) is 0 Å². The maximum atomic E-state index is 9.35. The Balaban J connectivity index is 2.31. The Bertz CT molecular complexity index is 782. The van der Waals surface area contributed by atoms with E-state index in [1.807, 2.05) is 36.4 Å². The average molecular weight is 420 g/mol. The minimum atomic E-state index is 0.236. The number of hydrogen-bond acceptors (Lipinski definition) is 2. The van der Waals surface area contributed by atoms with Gasteiger partial charge in [0.15, 0.2) is 0 Å². The number of terminal acetylenes is 1. The highest BCUT2D eigenvalue weighted by Gasteiger charge is 2.04. The zero-order chi connectivity index (χ0) is 15.9. The molecule has 0 aliphatic heterocycles. The molecular formula is C18H11ClINO. The molecule has 0 aromatic heterocycles. The van der Waals surface area contributed by atoms with Crippen LogP contribution in [0.15, 0.2) is 42.5 Å². The SMILES string of the molecule is C#CCOc1ccc(C=C(C#N)c2ccc(Cl)cc2)cc1I. The molecule has 2 rings (SSSR count). The Morgan fingerprint density at radius 2 is 2.00 bits per heavy atom. The zero-order valence-corrected chi connectivity index (χ0v) is 14.4. The zero-order valence-electron chi connectivity index (χ0n) is 11.5. The van der Waals surface area contributed by atoms with Gasteiger partial charge in [-0.15, -0.1) is 6.42 Å². The number of allylic oxidation sites excluding steroid dienone is 1. The first kappa shape index (κ1) is 16.4. The summed E-state index contributed by atoms with van der Waals surface area (Å²) < 4.78 is 6.37. The van der Waals surface area contributed by atoms with Gasteiger partial charge in [0, 0.05) is 5.02 Å². The van der Waals surface area contributed by atoms with Crippen molar-refractivity contribution in [1.29, 1.82) is 5.26 Å². The highest BCUT2D eigenvalue weighted by molar-refractivity contribution is 14.1. The molecule has 4 heteroatoms. The summed E-state index contributed by atoms with van der Waals surface area (Å²) in [5.74, 6) is 3.17. The third-order valence-corrected chi connectivity index (χ3v) is 3.95. The molecule has 0 saturated heterocycles. The van der Waals surface area contributed by atoms with Gasteiger partial charge in [-0.1, -0.05) is 35.7 Å². The number of rotatable bonds is 4. The van der Waals surface area contributed by atoms with Crippen molar-refractivity contribution in [3.05, 3.63) is 62.2 Å². The van der Waals surface area contributed by atoms with E-state index in [1.165, 1.54) is 0 Å². The third kappa shape index (κ3) is 4.27. The van der Waals surface area contributed by atoms with Crippen molar-refractivity contribution in [2.75, 3.05) is 6.61 Å². The highest BCUT2D eigenvalue weighted by atomic mass is 127. The van der Waals surface area contributed by atoms with Crippen LogP contribution in [0.5, 0.6) is 5.75 Å². The maximum absolute atomic E-state index is 9.35. The fraction of sp³-hybridized carbons (Fsp3) is 0.0556. The molecule has 0 amide bonds. The van der Waals surface area contributed by atoms with Crippen molar-refractivity contribution < 1.29 is 4.74 Å².